The van der Waals surface area contributed by atoms with E-state index in [9.17, 15) is 4.91 Å². The van der Waals surface area contributed by atoms with Crippen molar-refractivity contribution in [3.05, 3.63) is 17.1 Å². The first-order valence-corrected chi connectivity index (χ1v) is 1.82. The third-order valence-corrected chi connectivity index (χ3v) is 0.416. The van der Waals surface area contributed by atoms with Crippen LogP contribution in [0.2, 0.25) is 0 Å². The van der Waals surface area contributed by atoms with Crippen molar-refractivity contribution in [2.45, 2.75) is 6.92 Å². The van der Waals surface area contributed by atoms with Gasteiger partial charge in [0.1, 0.15) is 0 Å². The Morgan fingerprint density at radius 2 is 2.50 bits per heavy atom. The van der Waals surface area contributed by atoms with Gasteiger partial charge in [-0.1, -0.05) is 17.3 Å². The Kier molecular flexibility index (Phi) is 3.86. The van der Waals surface area contributed by atoms with Crippen LogP contribution in [0.1, 0.15) is 6.92 Å². The van der Waals surface area contributed by atoms with E-state index in [1.165, 1.54) is 0 Å². The lowest BCUT2D eigenvalue weighted by molar-refractivity contribution is 1.22. The van der Waals surface area contributed by atoms with Crippen LogP contribution >= 0.6 is 0 Å². The summed E-state index contributed by atoms with van der Waals surface area (Å²) in [4.78, 5) is 9.26. The highest BCUT2D eigenvalue weighted by molar-refractivity contribution is 4.78. The van der Waals surface area contributed by atoms with Crippen LogP contribution in [-0.2, 0) is 0 Å². The average Bonchev–Trinajstić information content (AvgIpc) is 1.61. The average molecular weight is 85.1 g/mol. The Labute approximate surface area is 36.8 Å². The van der Waals surface area contributed by atoms with E-state index in [0.29, 0.717) is 6.54 Å². The number of allylic oxidation sites excluding steroid dienone is 1. The summed E-state index contributed by atoms with van der Waals surface area (Å²) >= 11 is 0. The van der Waals surface area contributed by atoms with E-state index >= 15 is 0 Å². The van der Waals surface area contributed by atoms with Gasteiger partial charge in [-0.05, 0) is 6.92 Å². The number of nitroso groups, excluding NO2 is 1. The van der Waals surface area contributed by atoms with Crippen molar-refractivity contribution in [3.63, 3.8) is 0 Å². The predicted octanol–water partition coefficient (Wildman–Crippen LogP) is 1.33. The topological polar surface area (TPSA) is 29.4 Å². The number of rotatable bonds is 2. The smallest absolute Gasteiger partial charge is 0.0992 e. The summed E-state index contributed by atoms with van der Waals surface area (Å²) < 4.78 is 0. The molecule has 34 valence electrons. The molecule has 0 aromatic rings. The maximum Gasteiger partial charge on any atom is 0.0992 e. The minimum Gasteiger partial charge on any atom is -0.150 e. The third-order valence-electron chi connectivity index (χ3n) is 0.416. The van der Waals surface area contributed by atoms with Gasteiger partial charge in [-0.15, -0.1) is 0 Å². The molecule has 0 fully saturated rings. The van der Waals surface area contributed by atoms with Gasteiger partial charge in [0.25, 0.3) is 0 Å². The first-order valence-electron chi connectivity index (χ1n) is 1.82. The summed E-state index contributed by atoms with van der Waals surface area (Å²) in [6.45, 7) is 2.15. The van der Waals surface area contributed by atoms with Crippen molar-refractivity contribution >= 4 is 0 Å². The molecule has 0 heterocycles. The molecule has 0 amide bonds. The first kappa shape index (κ1) is 5.34. The van der Waals surface area contributed by atoms with Crippen LogP contribution in [-0.4, -0.2) is 6.54 Å². The highest BCUT2D eigenvalue weighted by Gasteiger charge is 1.62. The molecule has 0 unspecified atom stereocenters. The molecule has 0 rings (SSSR count). The lowest BCUT2D eigenvalue weighted by Crippen LogP contribution is -1.61. The molecule has 0 aliphatic heterocycles. The summed E-state index contributed by atoms with van der Waals surface area (Å²) in [6.07, 6.45) is 3.49. The fourth-order valence-electron chi connectivity index (χ4n) is 0.148. The molecule has 0 aromatic heterocycles. The van der Waals surface area contributed by atoms with Crippen LogP contribution < -0.4 is 0 Å². The highest BCUT2D eigenvalue weighted by Crippen LogP contribution is 1.68. The van der Waals surface area contributed by atoms with Gasteiger partial charge in [-0.2, -0.15) is 4.91 Å². The molecule has 0 saturated heterocycles. The van der Waals surface area contributed by atoms with E-state index in [1.807, 2.05) is 6.92 Å². The standard InChI is InChI=1S/C4H7NO/c1-2-3-4-5-6/h2-3H,4H2,1H3. The molecule has 2 nitrogen and oxygen atoms in total. The summed E-state index contributed by atoms with van der Waals surface area (Å²) in [5.41, 5.74) is 0. The van der Waals surface area contributed by atoms with E-state index < -0.39 is 0 Å². The largest absolute Gasteiger partial charge is 0.150 e. The quantitative estimate of drug-likeness (QED) is 0.367. The predicted molar refractivity (Wildman–Crippen MR) is 25.5 cm³/mol. The zero-order valence-electron chi connectivity index (χ0n) is 3.72. The Morgan fingerprint density at radius 1 is 1.83 bits per heavy atom. The van der Waals surface area contributed by atoms with Crippen molar-refractivity contribution < 1.29 is 0 Å². The molecule has 0 aliphatic rings. The molecule has 0 atom stereocenters. The number of hydrogen-bond acceptors (Lipinski definition) is 2. The van der Waals surface area contributed by atoms with Gasteiger partial charge in [0, 0.05) is 0 Å². The molecule has 2 heteroatoms. The summed E-state index contributed by atoms with van der Waals surface area (Å²) in [5.74, 6) is 0. The zero-order chi connectivity index (χ0) is 4.83. The van der Waals surface area contributed by atoms with Gasteiger partial charge < -0.3 is 0 Å². The first-order chi connectivity index (χ1) is 2.91. The molecule has 0 aliphatic carbocycles. The second-order valence-electron chi connectivity index (χ2n) is 0.881. The van der Waals surface area contributed by atoms with Crippen LogP contribution in [0.5, 0.6) is 0 Å². The van der Waals surface area contributed by atoms with Gasteiger partial charge in [0.15, 0.2) is 0 Å². The van der Waals surface area contributed by atoms with Crippen molar-refractivity contribution in [1.29, 1.82) is 0 Å². The fourth-order valence-corrected chi connectivity index (χ4v) is 0.148. The molecule has 6 heavy (non-hydrogen) atoms. The van der Waals surface area contributed by atoms with Gasteiger partial charge in [0.2, 0.25) is 0 Å². The second-order valence-corrected chi connectivity index (χ2v) is 0.881. The third kappa shape index (κ3) is 3.34. The van der Waals surface area contributed by atoms with Gasteiger partial charge in [-0.3, -0.25) is 0 Å². The lowest BCUT2D eigenvalue weighted by atomic mass is 10.5. The molecule has 0 spiro atoms. The highest BCUT2D eigenvalue weighted by atomic mass is 16.3. The van der Waals surface area contributed by atoms with Crippen LogP contribution in [0.3, 0.4) is 0 Å². The van der Waals surface area contributed by atoms with Crippen LogP contribution in [0.25, 0.3) is 0 Å². The Morgan fingerprint density at radius 3 is 2.67 bits per heavy atom. The summed E-state index contributed by atoms with van der Waals surface area (Å²) in [5, 5.41) is 2.59. The SMILES string of the molecule is CC=CCN=O. The van der Waals surface area contributed by atoms with Crippen molar-refractivity contribution in [2.75, 3.05) is 6.54 Å². The maximum absolute atomic E-state index is 9.26. The van der Waals surface area contributed by atoms with Crippen molar-refractivity contribution in [3.8, 4) is 0 Å². The molecular formula is C4H7NO. The Balaban J connectivity index is 2.85. The normalized spacial score (nSPS) is 9.50. The minimum atomic E-state index is 0.302. The summed E-state index contributed by atoms with van der Waals surface area (Å²) in [6, 6.07) is 0. The van der Waals surface area contributed by atoms with Gasteiger partial charge in [0.05, 0.1) is 6.54 Å². The zero-order valence-corrected chi connectivity index (χ0v) is 3.72. The van der Waals surface area contributed by atoms with Gasteiger partial charge >= 0.3 is 0 Å². The number of nitrogens with zero attached hydrogens (tertiary/aromatic N) is 1. The molecule has 0 bridgehead atoms. The monoisotopic (exact) mass is 85.1 g/mol. The van der Waals surface area contributed by atoms with Gasteiger partial charge in [-0.25, -0.2) is 0 Å². The van der Waals surface area contributed by atoms with E-state index in [1.54, 1.807) is 12.2 Å². The maximum atomic E-state index is 9.26. The molecule has 0 N–H and O–H groups in total. The fraction of sp³-hybridized carbons (Fsp3) is 0.500. The second kappa shape index (κ2) is 4.34. The molecule has 0 radical (unpaired) electrons. The minimum absolute atomic E-state index is 0.302. The number of hydrogen-bond donors (Lipinski definition) is 0. The van der Waals surface area contributed by atoms with E-state index in [2.05, 4.69) is 5.18 Å². The Hall–Kier alpha value is -0.660. The van der Waals surface area contributed by atoms with Crippen LogP contribution in [0.4, 0.5) is 0 Å². The van der Waals surface area contributed by atoms with Crippen molar-refractivity contribution in [1.82, 2.24) is 0 Å². The lowest BCUT2D eigenvalue weighted by Gasteiger charge is -1.65. The molecule has 0 saturated carbocycles. The van der Waals surface area contributed by atoms with Crippen LogP contribution in [0, 0.1) is 4.91 Å². The van der Waals surface area contributed by atoms with Crippen molar-refractivity contribution in [2.24, 2.45) is 5.18 Å². The Bertz CT molecular complexity index is 58.6. The molecule has 0 aromatic carbocycles. The summed E-state index contributed by atoms with van der Waals surface area (Å²) in [7, 11) is 0. The van der Waals surface area contributed by atoms with E-state index in [4.69, 9.17) is 0 Å². The van der Waals surface area contributed by atoms with E-state index in [0.717, 1.165) is 0 Å². The van der Waals surface area contributed by atoms with E-state index in [-0.39, 0.29) is 0 Å². The molecular weight excluding hydrogens is 78.0 g/mol. The van der Waals surface area contributed by atoms with Crippen LogP contribution in [0.15, 0.2) is 17.3 Å².